The Hall–Kier alpha value is -5.40. The van der Waals surface area contributed by atoms with Crippen molar-refractivity contribution in [2.75, 3.05) is 49.4 Å². The second-order valence-corrected chi connectivity index (χ2v) is 18.3. The molecule has 0 bridgehead atoms. The van der Waals surface area contributed by atoms with Crippen molar-refractivity contribution in [1.29, 1.82) is 0 Å². The van der Waals surface area contributed by atoms with Crippen molar-refractivity contribution in [2.24, 2.45) is 0 Å². The summed E-state index contributed by atoms with van der Waals surface area (Å²) < 4.78 is 37.2. The van der Waals surface area contributed by atoms with Crippen LogP contribution in [-0.2, 0) is 13.1 Å². The van der Waals surface area contributed by atoms with Gasteiger partial charge in [0.15, 0.2) is 0 Å². The van der Waals surface area contributed by atoms with Crippen LogP contribution in [0.1, 0.15) is 78.4 Å². The van der Waals surface area contributed by atoms with Crippen LogP contribution in [0.4, 0.5) is 12.0 Å². The largest absolute Gasteiger partial charge is 0.492 e. The van der Waals surface area contributed by atoms with E-state index in [0.29, 0.717) is 46.8 Å². The summed E-state index contributed by atoms with van der Waals surface area (Å²) in [5.41, 5.74) is 5.63. The number of aromatic nitrogens is 2. The van der Waals surface area contributed by atoms with Gasteiger partial charge >= 0.3 is 12.0 Å². The second kappa shape index (κ2) is 21.9. The van der Waals surface area contributed by atoms with Gasteiger partial charge in [-0.3, -0.25) is 9.80 Å². The number of benzene rings is 4. The summed E-state index contributed by atoms with van der Waals surface area (Å²) in [6.07, 6.45) is 6.96. The summed E-state index contributed by atoms with van der Waals surface area (Å²) in [6, 6.07) is 29.2. The summed E-state index contributed by atoms with van der Waals surface area (Å²) in [5, 5.41) is 5.65. The maximum absolute atomic E-state index is 6.69. The van der Waals surface area contributed by atoms with Crippen molar-refractivity contribution in [3.8, 4) is 45.5 Å². The molecule has 4 aromatic carbocycles. The molecular weight excluding hydrogens is 876 g/mol. The number of ether oxygens (including phenoxy) is 4. The smallest absolute Gasteiger partial charge is 0.317 e. The molecule has 12 nitrogen and oxygen atoms in total. The fraction of sp³-hybridized carbons (Fsp3) is 0.423. The zero-order chi connectivity index (χ0) is 46.2. The van der Waals surface area contributed by atoms with Crippen molar-refractivity contribution in [3.63, 3.8) is 0 Å². The van der Waals surface area contributed by atoms with Crippen LogP contribution in [0.3, 0.4) is 0 Å². The van der Waals surface area contributed by atoms with Crippen molar-refractivity contribution in [2.45, 2.75) is 105 Å². The number of piperidine rings is 2. The van der Waals surface area contributed by atoms with Gasteiger partial charge in [0.05, 0.1) is 37.5 Å². The molecule has 2 saturated heterocycles. The molecule has 0 atom stereocenters. The van der Waals surface area contributed by atoms with Crippen LogP contribution < -0.4 is 29.0 Å². The number of nitrogens with zero attached hydrogens (tertiary/aromatic N) is 6. The van der Waals surface area contributed by atoms with E-state index in [1.54, 1.807) is 12.5 Å². The monoisotopic (exact) mass is 936 g/mol. The minimum Gasteiger partial charge on any atom is -0.492 e. The molecule has 0 saturated carbocycles. The molecule has 2 aliphatic heterocycles. The Morgan fingerprint density at radius 2 is 1.05 bits per heavy atom. The maximum atomic E-state index is 6.69. The molecule has 8 rings (SSSR count). The Morgan fingerprint density at radius 3 is 1.48 bits per heavy atom. The number of oxazole rings is 2. The fourth-order valence-corrected chi connectivity index (χ4v) is 9.23. The van der Waals surface area contributed by atoms with Crippen molar-refractivity contribution in [3.05, 3.63) is 119 Å². The standard InChI is InChI=1S/C52H62Cl2N6O6/c1-7-61-48-28-38(29-49(50(48)54)62-8-2)32-58-24-20-43(21-25-58)60(52-56-47(34-64-52)40-14-16-41(53)17-15-40)59(51-55-46(33-63-51)39-12-10-9-11-13-39)42-18-22-57(23-19-42)31-37-26-44(65-35(3)4)30-45(27-37)66-36(5)6/h9-17,26-30,33-36,42-43H,7-8,18-25,31-32H2,1-6H3. The number of hydrazine groups is 1. The highest BCUT2D eigenvalue weighted by Crippen LogP contribution is 2.39. The molecule has 0 aliphatic carbocycles. The van der Waals surface area contributed by atoms with E-state index in [1.807, 2.05) is 102 Å². The van der Waals surface area contributed by atoms with E-state index in [2.05, 4.69) is 44.1 Å². The number of likely N-dealkylation sites (tertiary alicyclic amines) is 2. The van der Waals surface area contributed by atoms with Gasteiger partial charge in [0.25, 0.3) is 0 Å². The molecule has 0 unspecified atom stereocenters. The minimum atomic E-state index is 0.00865. The molecule has 0 N–H and O–H groups in total. The van der Waals surface area contributed by atoms with E-state index in [-0.39, 0.29) is 24.3 Å². The average molecular weight is 938 g/mol. The number of hydrogen-bond acceptors (Lipinski definition) is 12. The Balaban J connectivity index is 1.10. The lowest BCUT2D eigenvalue weighted by atomic mass is 10.0. The van der Waals surface area contributed by atoms with Crippen LogP contribution >= 0.6 is 23.2 Å². The molecule has 0 spiro atoms. The normalized spacial score (nSPS) is 15.4. The molecule has 2 aromatic heterocycles. The van der Waals surface area contributed by atoms with Crippen molar-refractivity contribution in [1.82, 2.24) is 19.8 Å². The van der Waals surface area contributed by atoms with Crippen LogP contribution in [0.15, 0.2) is 106 Å². The third-order valence-electron chi connectivity index (χ3n) is 11.8. The van der Waals surface area contributed by atoms with Crippen LogP contribution in [-0.4, -0.2) is 83.5 Å². The van der Waals surface area contributed by atoms with Crippen LogP contribution in [0, 0.1) is 0 Å². The van der Waals surface area contributed by atoms with Gasteiger partial charge in [-0.25, -0.2) is 10.0 Å². The van der Waals surface area contributed by atoms with Gasteiger partial charge in [-0.1, -0.05) is 65.7 Å². The predicted molar refractivity (Wildman–Crippen MR) is 262 cm³/mol. The van der Waals surface area contributed by atoms with Crippen molar-refractivity contribution >= 4 is 35.2 Å². The molecule has 0 radical (unpaired) electrons. The minimum absolute atomic E-state index is 0.00865. The Kier molecular flexibility index (Phi) is 15.7. The number of halogens is 2. The predicted octanol–water partition coefficient (Wildman–Crippen LogP) is 12.2. The third-order valence-corrected chi connectivity index (χ3v) is 12.4. The highest BCUT2D eigenvalue weighted by Gasteiger charge is 2.39. The first-order valence-corrected chi connectivity index (χ1v) is 24.1. The van der Waals surface area contributed by atoms with E-state index < -0.39 is 0 Å². The highest BCUT2D eigenvalue weighted by atomic mass is 35.5. The average Bonchev–Trinajstić information content (AvgIpc) is 3.99. The SMILES string of the molecule is CCOc1cc(CN2CCC(N(c3nc(-c4ccc(Cl)cc4)co3)N(c3nc(-c4ccccc4)co3)C3CCN(Cc4cc(OC(C)C)cc(OC(C)C)c4)CC3)CC2)cc(OCC)c1Cl. The molecule has 2 aliphatic rings. The summed E-state index contributed by atoms with van der Waals surface area (Å²) in [4.78, 5) is 15.4. The zero-order valence-corrected chi connectivity index (χ0v) is 40.4. The Bertz CT molecular complexity index is 2410. The second-order valence-electron chi connectivity index (χ2n) is 17.5. The quantitative estimate of drug-likeness (QED) is 0.0723. The van der Waals surface area contributed by atoms with Crippen LogP contribution in [0.25, 0.3) is 22.5 Å². The van der Waals surface area contributed by atoms with E-state index >= 15 is 0 Å². The first-order valence-electron chi connectivity index (χ1n) is 23.3. The Labute approximate surface area is 399 Å². The summed E-state index contributed by atoms with van der Waals surface area (Å²) in [5.74, 6) is 2.92. The molecule has 2 fully saturated rings. The lowest BCUT2D eigenvalue weighted by Gasteiger charge is -2.47. The fourth-order valence-electron chi connectivity index (χ4n) is 8.88. The van der Waals surface area contributed by atoms with E-state index in [4.69, 9.17) is 61.0 Å². The summed E-state index contributed by atoms with van der Waals surface area (Å²) in [7, 11) is 0. The van der Waals surface area contributed by atoms with Gasteiger partial charge in [-0.2, -0.15) is 9.97 Å². The van der Waals surface area contributed by atoms with E-state index in [0.717, 1.165) is 110 Å². The Morgan fingerprint density at radius 1 is 0.606 bits per heavy atom. The number of hydrogen-bond donors (Lipinski definition) is 0. The molecule has 4 heterocycles. The van der Waals surface area contributed by atoms with Gasteiger partial charge in [-0.05, 0) is 115 Å². The van der Waals surface area contributed by atoms with Crippen LogP contribution in [0.5, 0.6) is 23.0 Å². The van der Waals surface area contributed by atoms with E-state index in [1.165, 1.54) is 0 Å². The third kappa shape index (κ3) is 11.8. The molecule has 0 amide bonds. The number of anilines is 2. The summed E-state index contributed by atoms with van der Waals surface area (Å²) in [6.45, 7) is 18.0. The molecule has 66 heavy (non-hydrogen) atoms. The molecule has 6 aromatic rings. The zero-order valence-electron chi connectivity index (χ0n) is 38.9. The first-order chi connectivity index (χ1) is 32.0. The lowest BCUT2D eigenvalue weighted by Crippen LogP contribution is -2.59. The topological polar surface area (TPSA) is 102 Å². The van der Waals surface area contributed by atoms with Crippen molar-refractivity contribution < 1.29 is 27.8 Å². The van der Waals surface area contributed by atoms with E-state index in [9.17, 15) is 0 Å². The lowest BCUT2D eigenvalue weighted by molar-refractivity contribution is 0.177. The molecule has 14 heteroatoms. The van der Waals surface area contributed by atoms with Crippen LogP contribution in [0.2, 0.25) is 10.0 Å². The first kappa shape index (κ1) is 47.1. The number of rotatable bonds is 19. The van der Waals surface area contributed by atoms with Gasteiger partial charge in [0.1, 0.15) is 51.9 Å². The summed E-state index contributed by atoms with van der Waals surface area (Å²) >= 11 is 13.0. The van der Waals surface area contributed by atoms with Gasteiger partial charge < -0.3 is 27.8 Å². The van der Waals surface area contributed by atoms with Gasteiger partial charge in [0.2, 0.25) is 0 Å². The van der Waals surface area contributed by atoms with Gasteiger partial charge in [-0.15, -0.1) is 0 Å². The highest BCUT2D eigenvalue weighted by molar-refractivity contribution is 6.33. The molecule has 350 valence electrons. The van der Waals surface area contributed by atoms with Gasteiger partial charge in [0, 0.05) is 61.5 Å². The maximum Gasteiger partial charge on any atom is 0.317 e. The molecular formula is C52H62Cl2N6O6.